The van der Waals surface area contributed by atoms with Gasteiger partial charge in [-0.05, 0) is 26.3 Å². The first-order valence-electron chi connectivity index (χ1n) is 10.5. The molecule has 168 valence electrons. The number of nitrogens with zero attached hydrogens (tertiary/aromatic N) is 4. The Morgan fingerprint density at radius 2 is 2.09 bits per heavy atom. The van der Waals surface area contributed by atoms with E-state index in [4.69, 9.17) is 16.9 Å². The van der Waals surface area contributed by atoms with Crippen LogP contribution >= 0.6 is 0 Å². The van der Waals surface area contributed by atoms with Crippen molar-refractivity contribution in [1.82, 2.24) is 25.1 Å². The van der Waals surface area contributed by atoms with Gasteiger partial charge in [-0.3, -0.25) is 9.48 Å². The fourth-order valence-electron chi connectivity index (χ4n) is 2.81. The van der Waals surface area contributed by atoms with Gasteiger partial charge >= 0.3 is 0 Å². The summed E-state index contributed by atoms with van der Waals surface area (Å²) in [4.78, 5) is 21.2. The molecule has 32 heavy (non-hydrogen) atoms. The normalized spacial score (nSPS) is 10.5. The highest BCUT2D eigenvalue weighted by molar-refractivity contribution is 5.96. The first kappa shape index (κ1) is 24.4. The fraction of sp³-hybridized carbons (Fsp3) is 0.333. The van der Waals surface area contributed by atoms with Crippen LogP contribution in [0.2, 0.25) is 0 Å². The molecular weight excluding hydrogens is 404 g/mol. The number of carbonyl (C=O) groups excluding carboxylic acids is 1. The summed E-state index contributed by atoms with van der Waals surface area (Å²) < 4.78 is 7.19. The van der Waals surface area contributed by atoms with Gasteiger partial charge < -0.3 is 15.8 Å². The molecule has 0 spiro atoms. The lowest BCUT2D eigenvalue weighted by Crippen LogP contribution is -2.26. The molecule has 8 heteroatoms. The third kappa shape index (κ3) is 6.32. The summed E-state index contributed by atoms with van der Waals surface area (Å²) in [5.41, 5.74) is 9.07. The molecular formula is C24H30N6O2. The zero-order valence-electron chi connectivity index (χ0n) is 19.1. The number of fused-ring (bicyclic) bond motifs is 1. The molecule has 3 aromatic rings. The quantitative estimate of drug-likeness (QED) is 0.433. The van der Waals surface area contributed by atoms with Crippen LogP contribution in [0.1, 0.15) is 54.6 Å². The molecule has 0 aliphatic heterocycles. The average molecular weight is 435 g/mol. The van der Waals surface area contributed by atoms with Gasteiger partial charge in [-0.1, -0.05) is 31.2 Å². The zero-order chi connectivity index (χ0) is 23.5. The molecule has 1 amide bonds. The SMILES string of the molecule is C#CCC.C/C=C\OCc1nc(N)c(C(=O)NCc2cccc3cn(CC)nc23)nc1C. The number of aryl methyl sites for hydroxylation is 2. The van der Waals surface area contributed by atoms with E-state index in [0.717, 1.165) is 29.4 Å². The Balaban J connectivity index is 0.000000837. The van der Waals surface area contributed by atoms with E-state index < -0.39 is 0 Å². The van der Waals surface area contributed by atoms with Gasteiger partial charge in [0, 0.05) is 31.1 Å². The third-order valence-electron chi connectivity index (χ3n) is 4.50. The van der Waals surface area contributed by atoms with Crippen molar-refractivity contribution in [3.63, 3.8) is 0 Å². The molecule has 0 fully saturated rings. The van der Waals surface area contributed by atoms with Crippen molar-refractivity contribution in [3.8, 4) is 12.3 Å². The molecule has 0 atom stereocenters. The van der Waals surface area contributed by atoms with Crippen molar-refractivity contribution in [2.75, 3.05) is 5.73 Å². The second-order valence-corrected chi connectivity index (χ2v) is 6.85. The van der Waals surface area contributed by atoms with Crippen LogP contribution in [0.25, 0.3) is 10.9 Å². The molecule has 0 saturated heterocycles. The van der Waals surface area contributed by atoms with Crippen molar-refractivity contribution in [1.29, 1.82) is 0 Å². The Kier molecular flexibility index (Phi) is 9.23. The van der Waals surface area contributed by atoms with E-state index in [1.165, 1.54) is 0 Å². The third-order valence-corrected chi connectivity index (χ3v) is 4.50. The molecule has 2 aromatic heterocycles. The van der Waals surface area contributed by atoms with Crippen molar-refractivity contribution < 1.29 is 9.53 Å². The van der Waals surface area contributed by atoms with E-state index in [1.54, 1.807) is 19.3 Å². The number of amides is 1. The Bertz CT molecular complexity index is 1130. The standard InChI is InChI=1S/C20H24N6O2.C4H6/c1-4-9-28-12-16-13(3)23-18(19(21)24-16)20(27)22-10-14-7-6-8-15-11-26(5-2)25-17(14)15;1-3-4-2/h4,6-9,11H,5,10,12H2,1-3H3,(H2,21,24)(H,22,27);1H,4H2,2H3/b9-4-;. The van der Waals surface area contributed by atoms with E-state index in [9.17, 15) is 4.79 Å². The summed E-state index contributed by atoms with van der Waals surface area (Å²) in [6.07, 6.45) is 11.0. The second kappa shape index (κ2) is 12.1. The lowest BCUT2D eigenvalue weighted by atomic mass is 10.1. The molecule has 0 aliphatic carbocycles. The highest BCUT2D eigenvalue weighted by Crippen LogP contribution is 2.18. The largest absolute Gasteiger partial charge is 0.495 e. The van der Waals surface area contributed by atoms with E-state index in [0.29, 0.717) is 17.9 Å². The predicted molar refractivity (Wildman–Crippen MR) is 126 cm³/mol. The number of hydrogen-bond acceptors (Lipinski definition) is 6. The molecule has 0 saturated carbocycles. The number of nitrogens with one attached hydrogen (secondary N) is 1. The molecule has 3 rings (SSSR count). The van der Waals surface area contributed by atoms with Crippen molar-refractivity contribution in [3.05, 3.63) is 59.4 Å². The van der Waals surface area contributed by atoms with Gasteiger partial charge in [-0.2, -0.15) is 5.10 Å². The number of benzene rings is 1. The number of nitrogens with two attached hydrogens (primary N) is 1. The summed E-state index contributed by atoms with van der Waals surface area (Å²) in [6, 6.07) is 5.89. The van der Waals surface area contributed by atoms with Gasteiger partial charge in [-0.15, -0.1) is 12.3 Å². The number of rotatable bonds is 7. The van der Waals surface area contributed by atoms with Gasteiger partial charge in [0.05, 0.1) is 17.5 Å². The van der Waals surface area contributed by atoms with Crippen LogP contribution in [-0.4, -0.2) is 25.7 Å². The molecule has 0 unspecified atom stereocenters. The van der Waals surface area contributed by atoms with Crippen LogP contribution < -0.4 is 11.1 Å². The summed E-state index contributed by atoms with van der Waals surface area (Å²) >= 11 is 0. The Hall–Kier alpha value is -3.86. The van der Waals surface area contributed by atoms with Crippen LogP contribution in [-0.2, 0) is 24.4 Å². The van der Waals surface area contributed by atoms with Gasteiger partial charge in [0.15, 0.2) is 11.5 Å². The number of terminal acetylenes is 1. The van der Waals surface area contributed by atoms with Crippen molar-refractivity contribution in [2.24, 2.45) is 0 Å². The predicted octanol–water partition coefficient (Wildman–Crippen LogP) is 3.75. The van der Waals surface area contributed by atoms with Crippen LogP contribution in [0, 0.1) is 19.3 Å². The zero-order valence-corrected chi connectivity index (χ0v) is 19.1. The molecule has 1 aromatic carbocycles. The Morgan fingerprint density at radius 1 is 1.34 bits per heavy atom. The molecule has 3 N–H and O–H groups in total. The highest BCUT2D eigenvalue weighted by atomic mass is 16.5. The molecule has 2 heterocycles. The van der Waals surface area contributed by atoms with E-state index in [-0.39, 0.29) is 24.0 Å². The summed E-state index contributed by atoms with van der Waals surface area (Å²) in [5.74, 6) is 2.14. The van der Waals surface area contributed by atoms with E-state index in [2.05, 4.69) is 26.3 Å². The maximum atomic E-state index is 12.6. The Labute approximate surface area is 188 Å². The van der Waals surface area contributed by atoms with E-state index in [1.807, 2.05) is 49.8 Å². The van der Waals surface area contributed by atoms with Crippen LogP contribution in [0.4, 0.5) is 5.82 Å². The minimum atomic E-state index is -0.374. The highest BCUT2D eigenvalue weighted by Gasteiger charge is 2.16. The van der Waals surface area contributed by atoms with Crippen LogP contribution in [0.15, 0.2) is 36.7 Å². The van der Waals surface area contributed by atoms with Crippen molar-refractivity contribution in [2.45, 2.75) is 53.8 Å². The Morgan fingerprint density at radius 3 is 2.75 bits per heavy atom. The number of ether oxygens (including phenoxy) is 1. The van der Waals surface area contributed by atoms with Gasteiger partial charge in [0.2, 0.25) is 0 Å². The average Bonchev–Trinajstić information content (AvgIpc) is 3.24. The second-order valence-electron chi connectivity index (χ2n) is 6.85. The van der Waals surface area contributed by atoms with E-state index >= 15 is 0 Å². The lowest BCUT2D eigenvalue weighted by Gasteiger charge is -2.10. The summed E-state index contributed by atoms with van der Waals surface area (Å²) in [7, 11) is 0. The smallest absolute Gasteiger partial charge is 0.273 e. The summed E-state index contributed by atoms with van der Waals surface area (Å²) in [5, 5.41) is 8.45. The maximum absolute atomic E-state index is 12.6. The number of allylic oxidation sites excluding steroid dienone is 1. The number of carbonyl (C=O) groups is 1. The minimum absolute atomic E-state index is 0.0793. The topological polar surface area (TPSA) is 108 Å². The first-order chi connectivity index (χ1) is 15.4. The van der Waals surface area contributed by atoms with Gasteiger partial charge in [0.25, 0.3) is 5.91 Å². The monoisotopic (exact) mass is 434 g/mol. The van der Waals surface area contributed by atoms with Gasteiger partial charge in [-0.25, -0.2) is 9.97 Å². The van der Waals surface area contributed by atoms with Crippen molar-refractivity contribution >= 4 is 22.6 Å². The number of nitrogen functional groups attached to an aromatic ring is 1. The van der Waals surface area contributed by atoms with Gasteiger partial charge in [0.1, 0.15) is 12.3 Å². The molecule has 0 bridgehead atoms. The summed E-state index contributed by atoms with van der Waals surface area (Å²) in [6.45, 7) is 8.96. The number of aromatic nitrogens is 4. The first-order valence-corrected chi connectivity index (χ1v) is 10.5. The molecule has 8 nitrogen and oxygen atoms in total. The number of anilines is 1. The fourth-order valence-corrected chi connectivity index (χ4v) is 2.81. The number of hydrogen-bond donors (Lipinski definition) is 2. The molecule has 0 radical (unpaired) electrons. The van der Waals surface area contributed by atoms with Crippen LogP contribution in [0.3, 0.4) is 0 Å². The minimum Gasteiger partial charge on any atom is -0.495 e. The molecule has 0 aliphatic rings. The lowest BCUT2D eigenvalue weighted by molar-refractivity contribution is 0.0946. The van der Waals surface area contributed by atoms with Crippen LogP contribution in [0.5, 0.6) is 0 Å². The maximum Gasteiger partial charge on any atom is 0.273 e.